The summed E-state index contributed by atoms with van der Waals surface area (Å²) in [7, 11) is 2.96. The van der Waals surface area contributed by atoms with Gasteiger partial charge in [-0.05, 0) is 24.3 Å². The maximum atomic E-state index is 11.9. The molecule has 0 atom stereocenters. The Morgan fingerprint density at radius 3 is 2.41 bits per heavy atom. The summed E-state index contributed by atoms with van der Waals surface area (Å²) in [5, 5.41) is 4.87. The molecular formula is C15H15N3O4. The van der Waals surface area contributed by atoms with Crippen molar-refractivity contribution in [2.24, 2.45) is 0 Å². The number of hydrogen-bond donors (Lipinski definition) is 2. The van der Waals surface area contributed by atoms with Crippen LogP contribution < -0.4 is 20.1 Å². The van der Waals surface area contributed by atoms with Crippen molar-refractivity contribution < 1.29 is 19.1 Å². The molecule has 2 amide bonds. The van der Waals surface area contributed by atoms with Crippen molar-refractivity contribution >= 4 is 23.3 Å². The van der Waals surface area contributed by atoms with Gasteiger partial charge in [0.2, 0.25) is 0 Å². The van der Waals surface area contributed by atoms with E-state index in [1.54, 1.807) is 36.4 Å². The summed E-state index contributed by atoms with van der Waals surface area (Å²) < 4.78 is 10.2. The largest absolute Gasteiger partial charge is 0.497 e. The van der Waals surface area contributed by atoms with Crippen molar-refractivity contribution in [3.05, 3.63) is 42.6 Å². The van der Waals surface area contributed by atoms with Crippen molar-refractivity contribution in [3.8, 4) is 11.5 Å². The average molecular weight is 301 g/mol. The van der Waals surface area contributed by atoms with Crippen LogP contribution in [0.4, 0.5) is 11.5 Å². The Balaban J connectivity index is 2.09. The zero-order valence-corrected chi connectivity index (χ0v) is 12.1. The highest BCUT2D eigenvalue weighted by Gasteiger charge is 2.17. The van der Waals surface area contributed by atoms with Crippen LogP contribution in [0, 0.1) is 0 Å². The second-order valence-corrected chi connectivity index (χ2v) is 4.19. The molecule has 2 N–H and O–H groups in total. The Kier molecular flexibility index (Phi) is 4.92. The van der Waals surface area contributed by atoms with E-state index in [4.69, 9.17) is 9.47 Å². The SMILES string of the molecule is COc1ccc(OC)c(NC(=O)C(=O)Nc2ccccn2)c1. The molecule has 2 aromatic rings. The van der Waals surface area contributed by atoms with E-state index in [0.29, 0.717) is 23.0 Å². The van der Waals surface area contributed by atoms with Crippen LogP contribution in [0.25, 0.3) is 0 Å². The van der Waals surface area contributed by atoms with E-state index < -0.39 is 11.8 Å². The zero-order valence-electron chi connectivity index (χ0n) is 12.1. The van der Waals surface area contributed by atoms with Crippen LogP contribution in [0.15, 0.2) is 42.6 Å². The lowest BCUT2D eigenvalue weighted by atomic mass is 10.2. The molecule has 0 saturated heterocycles. The molecule has 1 heterocycles. The van der Waals surface area contributed by atoms with Gasteiger partial charge in [-0.2, -0.15) is 0 Å². The molecule has 1 aromatic carbocycles. The minimum Gasteiger partial charge on any atom is -0.497 e. The smallest absolute Gasteiger partial charge is 0.315 e. The number of benzene rings is 1. The number of methoxy groups -OCH3 is 2. The Hall–Kier alpha value is -3.09. The summed E-state index contributed by atoms with van der Waals surface area (Å²) in [4.78, 5) is 27.7. The molecule has 0 aliphatic carbocycles. The third-order valence-electron chi connectivity index (χ3n) is 2.77. The molecule has 7 nitrogen and oxygen atoms in total. The highest BCUT2D eigenvalue weighted by atomic mass is 16.5. The number of carbonyl (C=O) groups excluding carboxylic acids is 2. The fourth-order valence-corrected chi connectivity index (χ4v) is 1.70. The van der Waals surface area contributed by atoms with Crippen molar-refractivity contribution in [1.82, 2.24) is 4.98 Å². The van der Waals surface area contributed by atoms with Crippen molar-refractivity contribution in [3.63, 3.8) is 0 Å². The molecule has 0 aliphatic heterocycles. The van der Waals surface area contributed by atoms with Gasteiger partial charge in [0.05, 0.1) is 19.9 Å². The molecule has 0 radical (unpaired) electrons. The zero-order chi connectivity index (χ0) is 15.9. The lowest BCUT2D eigenvalue weighted by Crippen LogP contribution is -2.29. The van der Waals surface area contributed by atoms with Gasteiger partial charge in [0.25, 0.3) is 0 Å². The number of anilines is 2. The highest BCUT2D eigenvalue weighted by molar-refractivity contribution is 6.43. The lowest BCUT2D eigenvalue weighted by molar-refractivity contribution is -0.133. The van der Waals surface area contributed by atoms with Crippen LogP contribution in [0.2, 0.25) is 0 Å². The molecule has 22 heavy (non-hydrogen) atoms. The minimum atomic E-state index is -0.836. The number of amides is 2. The van der Waals surface area contributed by atoms with Gasteiger partial charge in [0, 0.05) is 12.3 Å². The van der Waals surface area contributed by atoms with E-state index >= 15 is 0 Å². The van der Waals surface area contributed by atoms with Gasteiger partial charge in [-0.3, -0.25) is 9.59 Å². The standard InChI is InChI=1S/C15H15N3O4/c1-21-10-6-7-12(22-2)11(9-10)17-14(19)15(20)18-13-5-3-4-8-16-13/h3-9H,1-2H3,(H,17,19)(H,16,18,20). The van der Waals surface area contributed by atoms with E-state index in [1.807, 2.05) is 0 Å². The normalized spacial score (nSPS) is 9.73. The van der Waals surface area contributed by atoms with Gasteiger partial charge in [-0.25, -0.2) is 4.98 Å². The van der Waals surface area contributed by atoms with Crippen LogP contribution in [0.1, 0.15) is 0 Å². The number of nitrogens with one attached hydrogen (secondary N) is 2. The maximum absolute atomic E-state index is 11.9. The fraction of sp³-hybridized carbons (Fsp3) is 0.133. The van der Waals surface area contributed by atoms with Gasteiger partial charge in [0.1, 0.15) is 17.3 Å². The number of nitrogens with zero attached hydrogens (tertiary/aromatic N) is 1. The second kappa shape index (κ2) is 7.07. The quantitative estimate of drug-likeness (QED) is 0.839. The molecule has 0 fully saturated rings. The molecule has 0 saturated carbocycles. The van der Waals surface area contributed by atoms with Gasteiger partial charge >= 0.3 is 11.8 Å². The van der Waals surface area contributed by atoms with Crippen LogP contribution in [0.3, 0.4) is 0 Å². The third-order valence-corrected chi connectivity index (χ3v) is 2.77. The second-order valence-electron chi connectivity index (χ2n) is 4.19. The number of carbonyl (C=O) groups is 2. The van der Waals surface area contributed by atoms with E-state index in [0.717, 1.165) is 0 Å². The molecular weight excluding hydrogens is 286 g/mol. The Bertz CT molecular complexity index is 674. The van der Waals surface area contributed by atoms with Crippen molar-refractivity contribution in [1.29, 1.82) is 0 Å². The fourth-order valence-electron chi connectivity index (χ4n) is 1.70. The van der Waals surface area contributed by atoms with E-state index in [1.165, 1.54) is 20.4 Å². The predicted octanol–water partition coefficient (Wildman–Crippen LogP) is 1.68. The molecule has 114 valence electrons. The van der Waals surface area contributed by atoms with Gasteiger partial charge in [0.15, 0.2) is 0 Å². The summed E-state index contributed by atoms with van der Waals surface area (Å²) in [6, 6.07) is 9.86. The molecule has 0 spiro atoms. The van der Waals surface area contributed by atoms with Crippen LogP contribution in [0.5, 0.6) is 11.5 Å². The first-order valence-corrected chi connectivity index (χ1v) is 6.39. The van der Waals surface area contributed by atoms with Gasteiger partial charge in [-0.15, -0.1) is 0 Å². The molecule has 0 bridgehead atoms. The Morgan fingerprint density at radius 2 is 1.77 bits per heavy atom. The first-order chi connectivity index (χ1) is 10.6. The van der Waals surface area contributed by atoms with Crippen LogP contribution in [-0.2, 0) is 9.59 Å². The average Bonchev–Trinajstić information content (AvgIpc) is 2.55. The van der Waals surface area contributed by atoms with E-state index in [-0.39, 0.29) is 0 Å². The van der Waals surface area contributed by atoms with Crippen LogP contribution in [-0.4, -0.2) is 31.0 Å². The van der Waals surface area contributed by atoms with Crippen LogP contribution >= 0.6 is 0 Å². The maximum Gasteiger partial charge on any atom is 0.315 e. The minimum absolute atomic E-state index is 0.292. The van der Waals surface area contributed by atoms with Gasteiger partial charge < -0.3 is 20.1 Å². The number of pyridine rings is 1. The number of aromatic nitrogens is 1. The lowest BCUT2D eigenvalue weighted by Gasteiger charge is -2.11. The molecule has 2 rings (SSSR count). The third kappa shape index (κ3) is 3.72. The van der Waals surface area contributed by atoms with Crippen molar-refractivity contribution in [2.45, 2.75) is 0 Å². The topological polar surface area (TPSA) is 89.5 Å². The summed E-state index contributed by atoms with van der Waals surface area (Å²) >= 11 is 0. The van der Waals surface area contributed by atoms with Gasteiger partial charge in [-0.1, -0.05) is 6.07 Å². The molecule has 0 unspecified atom stereocenters. The number of rotatable bonds is 4. The van der Waals surface area contributed by atoms with E-state index in [9.17, 15) is 9.59 Å². The van der Waals surface area contributed by atoms with Crippen molar-refractivity contribution in [2.75, 3.05) is 24.9 Å². The highest BCUT2D eigenvalue weighted by Crippen LogP contribution is 2.28. The number of ether oxygens (including phenoxy) is 2. The summed E-state index contributed by atoms with van der Waals surface area (Å²) in [6.07, 6.45) is 1.51. The molecule has 1 aromatic heterocycles. The summed E-state index contributed by atoms with van der Waals surface area (Å²) in [5.74, 6) is -0.429. The Morgan fingerprint density at radius 1 is 1.00 bits per heavy atom. The molecule has 7 heteroatoms. The summed E-state index contributed by atoms with van der Waals surface area (Å²) in [5.41, 5.74) is 0.336. The summed E-state index contributed by atoms with van der Waals surface area (Å²) in [6.45, 7) is 0. The first kappa shape index (κ1) is 15.3. The Labute approximate surface area is 127 Å². The van der Waals surface area contributed by atoms with E-state index in [2.05, 4.69) is 15.6 Å². The number of hydrogen-bond acceptors (Lipinski definition) is 5. The predicted molar refractivity (Wildman–Crippen MR) is 81.0 cm³/mol. The molecule has 0 aliphatic rings. The monoisotopic (exact) mass is 301 g/mol. The first-order valence-electron chi connectivity index (χ1n) is 6.39.